The lowest BCUT2D eigenvalue weighted by Crippen LogP contribution is -2.52. The molecule has 0 unspecified atom stereocenters. The van der Waals surface area contributed by atoms with Crippen molar-refractivity contribution in [2.24, 2.45) is 0 Å². The first kappa shape index (κ1) is 32.1. The molecule has 4 nitrogen and oxygen atoms in total. The predicted molar refractivity (Wildman–Crippen MR) is 207 cm³/mol. The van der Waals surface area contributed by atoms with E-state index in [2.05, 4.69) is 178 Å². The lowest BCUT2D eigenvalue weighted by Gasteiger charge is -2.20. The summed E-state index contributed by atoms with van der Waals surface area (Å²) in [5.74, 6) is 0.816. The van der Waals surface area contributed by atoms with Crippen LogP contribution < -0.4 is 16.4 Å². The van der Waals surface area contributed by atoms with Crippen molar-refractivity contribution in [3.8, 4) is 33.9 Å². The summed E-state index contributed by atoms with van der Waals surface area (Å²) in [6.45, 7) is 13.4. The zero-order valence-corrected chi connectivity index (χ0v) is 29.3. The second-order valence-corrected chi connectivity index (χ2v) is 13.8. The van der Waals surface area contributed by atoms with Crippen molar-refractivity contribution >= 4 is 23.1 Å². The van der Waals surface area contributed by atoms with Gasteiger partial charge in [-0.05, 0) is 47.9 Å². The van der Waals surface area contributed by atoms with Crippen LogP contribution in [0.4, 0.5) is 0 Å². The molecule has 7 aromatic rings. The topological polar surface area (TPSA) is 35.6 Å². The fraction of sp³-hybridized carbons (Fsp3) is 0.182. The van der Waals surface area contributed by atoms with Gasteiger partial charge in [-0.25, -0.2) is 9.97 Å². The van der Waals surface area contributed by atoms with Gasteiger partial charge in [-0.1, -0.05) is 159 Å². The molecule has 2 heterocycles. The Morgan fingerprint density at radius 3 is 1.45 bits per heavy atom. The molecule has 0 amide bonds. The number of benzene rings is 5. The lowest BCUT2D eigenvalue weighted by atomic mass is 9.36. The number of hydrogen-bond donors (Lipinski definition) is 0. The molecule has 0 atom stereocenters. The van der Waals surface area contributed by atoms with Gasteiger partial charge in [0, 0.05) is 23.5 Å². The molecule has 0 fully saturated rings. The van der Waals surface area contributed by atoms with Crippen LogP contribution in [-0.2, 0) is 0 Å². The third-order valence-corrected chi connectivity index (χ3v) is 9.63. The van der Waals surface area contributed by atoms with Gasteiger partial charge in [0.05, 0.1) is 35.4 Å². The maximum Gasteiger partial charge on any atom is 0.241 e. The molecule has 0 aliphatic heterocycles. The van der Waals surface area contributed by atoms with Gasteiger partial charge >= 0.3 is 0 Å². The number of hydrogen-bond acceptors (Lipinski definition) is 2. The molecular weight excluding hydrogens is 595 g/mol. The summed E-state index contributed by atoms with van der Waals surface area (Å²) in [5.41, 5.74) is 15.4. The second-order valence-electron chi connectivity index (χ2n) is 13.8. The van der Waals surface area contributed by atoms with Crippen molar-refractivity contribution in [1.29, 1.82) is 0 Å². The summed E-state index contributed by atoms with van der Waals surface area (Å²) < 4.78 is 4.37. The summed E-state index contributed by atoms with van der Waals surface area (Å²) >= 11 is 0. The smallest absolute Gasteiger partial charge is 0.241 e. The van der Waals surface area contributed by atoms with E-state index in [9.17, 15) is 0 Å². The molecule has 5 aromatic carbocycles. The summed E-state index contributed by atoms with van der Waals surface area (Å²) in [4.78, 5) is 9.81. The highest BCUT2D eigenvalue weighted by Crippen LogP contribution is 2.32. The first-order valence-electron chi connectivity index (χ1n) is 17.3. The zero-order chi connectivity index (χ0) is 34.1. The quantitative estimate of drug-likeness (QED) is 0.148. The predicted octanol–water partition coefficient (Wildman–Crippen LogP) is 8.77. The molecule has 0 aliphatic rings. The molecule has 0 aliphatic carbocycles. The van der Waals surface area contributed by atoms with E-state index in [1.165, 1.54) is 50.0 Å². The molecule has 5 heteroatoms. The standard InChI is InChI=1S/C44H43BN4/c1-30(2)39-22-13-23-40(31(3)4)44(39)49-27-42(47-29-49)35-17-12-21-38(25-35)45(36-18-8-7-9-19-36)37-20-11-16-34(24-37)41-26-48(28-46-41)43-32(5)14-10-15-33(43)6/h7-31H,1-6H3. The Morgan fingerprint density at radius 2 is 0.939 bits per heavy atom. The minimum atomic E-state index is 0.0399. The van der Waals surface area contributed by atoms with Crippen LogP contribution in [0.5, 0.6) is 0 Å². The average Bonchev–Trinajstić information content (AvgIpc) is 3.80. The van der Waals surface area contributed by atoms with Gasteiger partial charge in [-0.2, -0.15) is 0 Å². The third kappa shape index (κ3) is 6.41. The molecule has 0 spiro atoms. The van der Waals surface area contributed by atoms with Crippen molar-refractivity contribution in [2.45, 2.75) is 53.4 Å². The van der Waals surface area contributed by atoms with Crippen molar-refractivity contribution in [2.75, 3.05) is 0 Å². The van der Waals surface area contributed by atoms with Crippen LogP contribution in [0.1, 0.15) is 61.8 Å². The van der Waals surface area contributed by atoms with Crippen LogP contribution in [0.15, 0.2) is 140 Å². The highest BCUT2D eigenvalue weighted by molar-refractivity contribution is 6.95. The molecule has 0 bridgehead atoms. The SMILES string of the molecule is Cc1cccc(C)c1-n1cnc(-c2cccc(B(c3ccccc3)c3cccc(-c4cn(-c5c(C(C)C)cccc5C(C)C)cn4)c3)c2)c1. The number of rotatable bonds is 9. The summed E-state index contributed by atoms with van der Waals surface area (Å²) in [5, 5.41) is 0. The highest BCUT2D eigenvalue weighted by Gasteiger charge is 2.23. The van der Waals surface area contributed by atoms with Gasteiger partial charge < -0.3 is 9.13 Å². The van der Waals surface area contributed by atoms with Crippen molar-refractivity contribution < 1.29 is 0 Å². The van der Waals surface area contributed by atoms with E-state index < -0.39 is 0 Å². The monoisotopic (exact) mass is 638 g/mol. The molecule has 49 heavy (non-hydrogen) atoms. The van der Waals surface area contributed by atoms with Gasteiger partial charge in [-0.15, -0.1) is 0 Å². The Balaban J connectivity index is 1.27. The molecule has 2 aromatic heterocycles. The van der Waals surface area contributed by atoms with Crippen LogP contribution in [0, 0.1) is 13.8 Å². The van der Waals surface area contributed by atoms with Crippen LogP contribution in [0.3, 0.4) is 0 Å². The second kappa shape index (κ2) is 13.6. The van der Waals surface area contributed by atoms with E-state index in [0.717, 1.165) is 22.5 Å². The Morgan fingerprint density at radius 1 is 0.490 bits per heavy atom. The van der Waals surface area contributed by atoms with Crippen LogP contribution in [-0.4, -0.2) is 25.8 Å². The molecule has 0 saturated heterocycles. The number of aryl methyl sites for hydroxylation is 2. The van der Waals surface area contributed by atoms with Crippen molar-refractivity contribution in [1.82, 2.24) is 19.1 Å². The Kier molecular flexibility index (Phi) is 8.92. The summed E-state index contributed by atoms with van der Waals surface area (Å²) in [6, 6.07) is 41.6. The van der Waals surface area contributed by atoms with Crippen LogP contribution >= 0.6 is 0 Å². The van der Waals surface area contributed by atoms with Gasteiger partial charge in [0.25, 0.3) is 0 Å². The van der Waals surface area contributed by atoms with E-state index in [-0.39, 0.29) is 6.71 Å². The lowest BCUT2D eigenvalue weighted by molar-refractivity contribution is 0.805. The summed E-state index contributed by atoms with van der Waals surface area (Å²) in [6.07, 6.45) is 8.24. The van der Waals surface area contributed by atoms with Crippen LogP contribution in [0.2, 0.25) is 0 Å². The number of aromatic nitrogens is 4. The summed E-state index contributed by atoms with van der Waals surface area (Å²) in [7, 11) is 0. The van der Waals surface area contributed by atoms with Gasteiger partial charge in [0.15, 0.2) is 0 Å². The first-order chi connectivity index (χ1) is 23.8. The number of imidazole rings is 2. The van der Waals surface area contributed by atoms with E-state index >= 15 is 0 Å². The van der Waals surface area contributed by atoms with Crippen molar-refractivity contribution in [3.05, 3.63) is 163 Å². The van der Waals surface area contributed by atoms with E-state index in [4.69, 9.17) is 9.97 Å². The van der Waals surface area contributed by atoms with E-state index in [0.29, 0.717) is 11.8 Å². The molecule has 7 rings (SSSR count). The minimum absolute atomic E-state index is 0.0399. The average molecular weight is 639 g/mol. The zero-order valence-electron chi connectivity index (χ0n) is 29.3. The third-order valence-electron chi connectivity index (χ3n) is 9.63. The highest BCUT2D eigenvalue weighted by atomic mass is 15.0. The van der Waals surface area contributed by atoms with Crippen LogP contribution in [0.25, 0.3) is 33.9 Å². The fourth-order valence-electron chi connectivity index (χ4n) is 7.19. The van der Waals surface area contributed by atoms with Crippen molar-refractivity contribution in [3.63, 3.8) is 0 Å². The Bertz CT molecular complexity index is 2180. The molecule has 0 radical (unpaired) electrons. The number of para-hydroxylation sites is 2. The van der Waals surface area contributed by atoms with Gasteiger partial charge in [0.1, 0.15) is 0 Å². The molecule has 0 N–H and O–H groups in total. The molecule has 0 saturated carbocycles. The minimum Gasteiger partial charge on any atom is -0.305 e. The van der Waals surface area contributed by atoms with E-state index in [1.54, 1.807) is 0 Å². The Labute approximate surface area is 291 Å². The maximum atomic E-state index is 4.96. The van der Waals surface area contributed by atoms with Gasteiger partial charge in [-0.3, -0.25) is 0 Å². The largest absolute Gasteiger partial charge is 0.305 e. The van der Waals surface area contributed by atoms with Gasteiger partial charge in [0.2, 0.25) is 6.71 Å². The first-order valence-corrected chi connectivity index (χ1v) is 17.3. The van der Waals surface area contributed by atoms with E-state index in [1.807, 2.05) is 12.7 Å². The maximum absolute atomic E-state index is 4.96. The fourth-order valence-corrected chi connectivity index (χ4v) is 7.19. The molecular formula is C44H43BN4. The normalized spacial score (nSPS) is 11.4. The number of nitrogens with zero attached hydrogens (tertiary/aromatic N) is 4. The molecule has 242 valence electrons. The Hall–Kier alpha value is -5.42.